The van der Waals surface area contributed by atoms with Crippen LogP contribution in [0, 0.1) is 0 Å². The molecule has 10 aromatic carbocycles. The monoisotopic (exact) mass is 722 g/mol. The molecule has 0 aliphatic heterocycles. The lowest BCUT2D eigenvalue weighted by atomic mass is 9.83. The molecular formula is C57H38. The molecule has 10 aromatic rings. The third-order valence-corrected chi connectivity index (χ3v) is 11.9. The minimum Gasteiger partial charge on any atom is -0.0622 e. The van der Waals surface area contributed by atoms with Gasteiger partial charge in [-0.2, -0.15) is 0 Å². The highest BCUT2D eigenvalue weighted by molar-refractivity contribution is 6.23. The molecule has 266 valence electrons. The first-order valence-electron chi connectivity index (χ1n) is 19.9. The van der Waals surface area contributed by atoms with Crippen LogP contribution >= 0.6 is 0 Å². The highest BCUT2D eigenvalue weighted by Crippen LogP contribution is 2.48. The summed E-state index contributed by atoms with van der Waals surface area (Å²) in [5, 5.41) is 7.50. The van der Waals surface area contributed by atoms with Crippen LogP contribution in [0.15, 0.2) is 218 Å². The summed E-state index contributed by atoms with van der Waals surface area (Å²) in [6.07, 6.45) is 0.939. The molecule has 0 spiro atoms. The zero-order valence-corrected chi connectivity index (χ0v) is 31.5. The van der Waals surface area contributed by atoms with Crippen molar-refractivity contribution in [1.82, 2.24) is 0 Å². The van der Waals surface area contributed by atoms with Gasteiger partial charge in [0.2, 0.25) is 0 Å². The lowest BCUT2D eigenvalue weighted by molar-refractivity contribution is 1.32. The number of allylic oxidation sites excluding steroid dienone is 1. The van der Waals surface area contributed by atoms with Crippen molar-refractivity contribution in [1.29, 1.82) is 0 Å². The Morgan fingerprint density at radius 2 is 0.737 bits per heavy atom. The van der Waals surface area contributed by atoms with Crippen molar-refractivity contribution >= 4 is 43.5 Å². The van der Waals surface area contributed by atoms with Crippen molar-refractivity contribution in [3.8, 4) is 44.5 Å². The largest absolute Gasteiger partial charge is 0.0622 e. The van der Waals surface area contributed by atoms with Gasteiger partial charge in [-0.05, 0) is 135 Å². The van der Waals surface area contributed by atoms with Gasteiger partial charge in [0.25, 0.3) is 0 Å². The van der Waals surface area contributed by atoms with Gasteiger partial charge < -0.3 is 0 Å². The highest BCUT2D eigenvalue weighted by atomic mass is 14.3. The third kappa shape index (κ3) is 5.77. The number of rotatable bonds is 6. The zero-order valence-electron chi connectivity index (χ0n) is 31.5. The molecule has 0 aromatic heterocycles. The first kappa shape index (κ1) is 33.1. The number of fused-ring (bicyclic) bond motifs is 4. The van der Waals surface area contributed by atoms with E-state index in [1.807, 2.05) is 0 Å². The molecule has 11 rings (SSSR count). The van der Waals surface area contributed by atoms with Crippen LogP contribution in [0.1, 0.15) is 22.3 Å². The Kier molecular flexibility index (Phi) is 8.00. The van der Waals surface area contributed by atoms with Gasteiger partial charge in [-0.1, -0.05) is 200 Å². The van der Waals surface area contributed by atoms with Gasteiger partial charge in [-0.25, -0.2) is 0 Å². The molecule has 1 aliphatic rings. The lowest BCUT2D eigenvalue weighted by Crippen LogP contribution is -1.94. The fourth-order valence-corrected chi connectivity index (χ4v) is 9.19. The van der Waals surface area contributed by atoms with Crippen LogP contribution in [0.3, 0.4) is 0 Å². The summed E-state index contributed by atoms with van der Waals surface area (Å²) in [6, 6.07) is 80.6. The van der Waals surface area contributed by atoms with Gasteiger partial charge in [0.15, 0.2) is 0 Å². The normalized spacial score (nSPS) is 12.4. The van der Waals surface area contributed by atoms with Crippen molar-refractivity contribution in [3.63, 3.8) is 0 Å². The molecule has 0 radical (unpaired) electrons. The van der Waals surface area contributed by atoms with E-state index in [2.05, 4.69) is 218 Å². The van der Waals surface area contributed by atoms with Crippen LogP contribution in [0.25, 0.3) is 88.0 Å². The first-order valence-corrected chi connectivity index (χ1v) is 19.9. The SMILES string of the molecule is c1ccc(C2=C(c3ccc(-c4c5ccc(-c6ccccc6)cc5c(-c5ccc6ccccc6c5)c5ccc(-c6ccccc6)cc45)cc3)c3ccccc3C2)cc1. The molecule has 1 aliphatic carbocycles. The molecule has 0 fully saturated rings. The van der Waals surface area contributed by atoms with E-state index in [0.717, 1.165) is 6.42 Å². The van der Waals surface area contributed by atoms with Crippen molar-refractivity contribution in [3.05, 3.63) is 241 Å². The van der Waals surface area contributed by atoms with E-state index < -0.39 is 0 Å². The van der Waals surface area contributed by atoms with Crippen LogP contribution in [-0.4, -0.2) is 0 Å². The molecule has 0 heteroatoms. The van der Waals surface area contributed by atoms with Crippen molar-refractivity contribution in [2.24, 2.45) is 0 Å². The molecule has 0 saturated carbocycles. The number of hydrogen-bond donors (Lipinski definition) is 0. The van der Waals surface area contributed by atoms with Crippen molar-refractivity contribution in [2.75, 3.05) is 0 Å². The Bertz CT molecular complexity index is 3150. The van der Waals surface area contributed by atoms with Gasteiger partial charge >= 0.3 is 0 Å². The second kappa shape index (κ2) is 13.8. The molecule has 0 nitrogen and oxygen atoms in total. The number of hydrogen-bond acceptors (Lipinski definition) is 0. The quantitative estimate of drug-likeness (QED) is 0.150. The van der Waals surface area contributed by atoms with Crippen molar-refractivity contribution in [2.45, 2.75) is 6.42 Å². The first-order chi connectivity index (χ1) is 28.3. The topological polar surface area (TPSA) is 0 Å². The fourth-order valence-electron chi connectivity index (χ4n) is 9.19. The maximum atomic E-state index is 2.42. The van der Waals surface area contributed by atoms with Crippen LogP contribution in [0.2, 0.25) is 0 Å². The molecule has 0 amide bonds. The van der Waals surface area contributed by atoms with Crippen LogP contribution in [0.4, 0.5) is 0 Å². The van der Waals surface area contributed by atoms with E-state index in [4.69, 9.17) is 0 Å². The maximum absolute atomic E-state index is 2.42. The average Bonchev–Trinajstić information content (AvgIpc) is 3.68. The molecule has 0 N–H and O–H groups in total. The predicted octanol–water partition coefficient (Wildman–Crippen LogP) is 15.3. The smallest absolute Gasteiger partial charge is 0.000728 e. The molecule has 0 saturated heterocycles. The summed E-state index contributed by atoms with van der Waals surface area (Å²) in [5.74, 6) is 0. The van der Waals surface area contributed by atoms with Gasteiger partial charge in [0.1, 0.15) is 0 Å². The zero-order chi connectivity index (χ0) is 37.7. The summed E-state index contributed by atoms with van der Waals surface area (Å²) < 4.78 is 0. The summed E-state index contributed by atoms with van der Waals surface area (Å²) in [6.45, 7) is 0. The summed E-state index contributed by atoms with van der Waals surface area (Å²) in [4.78, 5) is 0. The molecule has 57 heavy (non-hydrogen) atoms. The molecule has 0 atom stereocenters. The Hall–Kier alpha value is -7.28. The third-order valence-electron chi connectivity index (χ3n) is 11.9. The van der Waals surface area contributed by atoms with Gasteiger partial charge in [-0.3, -0.25) is 0 Å². The second-order valence-electron chi connectivity index (χ2n) is 15.2. The van der Waals surface area contributed by atoms with E-state index in [1.54, 1.807) is 0 Å². The minimum absolute atomic E-state index is 0.939. The van der Waals surface area contributed by atoms with Crippen LogP contribution in [-0.2, 0) is 6.42 Å². The highest BCUT2D eigenvalue weighted by Gasteiger charge is 2.24. The van der Waals surface area contributed by atoms with Gasteiger partial charge in [0.05, 0.1) is 0 Å². The second-order valence-corrected chi connectivity index (χ2v) is 15.2. The molecular weight excluding hydrogens is 685 g/mol. The van der Waals surface area contributed by atoms with Crippen LogP contribution < -0.4 is 0 Å². The molecule has 0 bridgehead atoms. The summed E-state index contributed by atoms with van der Waals surface area (Å²) >= 11 is 0. The van der Waals surface area contributed by atoms with E-state index >= 15 is 0 Å². The van der Waals surface area contributed by atoms with Crippen LogP contribution in [0.5, 0.6) is 0 Å². The molecule has 0 heterocycles. The van der Waals surface area contributed by atoms with Gasteiger partial charge in [0, 0.05) is 0 Å². The lowest BCUT2D eigenvalue weighted by Gasteiger charge is -2.20. The molecule has 0 unspecified atom stereocenters. The standard InChI is InChI=1S/C57H38/c1-4-14-38(15-5-1)45-31-33-51-53(35-45)56(43-27-25-42(26-28-43)55-49-23-13-12-22-47(49)37-52(55)41-19-8-3-9-20-41)50-32-30-46(39-16-6-2-7-17-39)36-54(50)57(51)48-29-24-40-18-10-11-21-44(40)34-48/h1-36H,37H2. The predicted molar refractivity (Wildman–Crippen MR) is 243 cm³/mol. The maximum Gasteiger partial charge on any atom is -0.000728 e. The average molecular weight is 723 g/mol. The van der Waals surface area contributed by atoms with E-state index in [1.165, 1.54) is 110 Å². The summed E-state index contributed by atoms with van der Waals surface area (Å²) in [5.41, 5.74) is 17.8. The summed E-state index contributed by atoms with van der Waals surface area (Å²) in [7, 11) is 0. The van der Waals surface area contributed by atoms with Gasteiger partial charge in [-0.15, -0.1) is 0 Å². The fraction of sp³-hybridized carbons (Fsp3) is 0.0175. The van der Waals surface area contributed by atoms with E-state index in [9.17, 15) is 0 Å². The Morgan fingerprint density at radius 1 is 0.263 bits per heavy atom. The Balaban J connectivity index is 1.19. The number of benzene rings is 10. The Labute approximate surface area is 333 Å². The van der Waals surface area contributed by atoms with E-state index in [-0.39, 0.29) is 0 Å². The van der Waals surface area contributed by atoms with E-state index in [0.29, 0.717) is 0 Å². The van der Waals surface area contributed by atoms with Crippen molar-refractivity contribution < 1.29 is 0 Å². The Morgan fingerprint density at radius 3 is 1.37 bits per heavy atom. The minimum atomic E-state index is 0.939.